The van der Waals surface area contributed by atoms with Crippen LogP contribution in [0.15, 0.2) is 72.1 Å². The number of carbonyl (C=O) groups excluding carboxylic acids is 1. The summed E-state index contributed by atoms with van der Waals surface area (Å²) >= 11 is 7.19. The lowest BCUT2D eigenvalue weighted by Gasteiger charge is -2.14. The van der Waals surface area contributed by atoms with Gasteiger partial charge in [-0.1, -0.05) is 23.4 Å². The molecule has 0 fully saturated rings. The first-order chi connectivity index (χ1) is 16.3. The number of hydrogen-bond acceptors (Lipinski definition) is 7. The van der Waals surface area contributed by atoms with Crippen LogP contribution in [0.5, 0.6) is 0 Å². The lowest BCUT2D eigenvalue weighted by atomic mass is 10.2. The zero-order chi connectivity index (χ0) is 24.2. The highest BCUT2D eigenvalue weighted by Crippen LogP contribution is 2.31. The van der Waals surface area contributed by atoms with E-state index in [0.717, 1.165) is 35.1 Å². The number of amides is 1. The molecule has 0 unspecified atom stereocenters. The first-order valence-electron chi connectivity index (χ1n) is 9.86. The molecular weight excluding hydrogens is 483 g/mol. The maximum atomic E-state index is 13.6. The van der Waals surface area contributed by atoms with Gasteiger partial charge in [-0.05, 0) is 55.5 Å². The van der Waals surface area contributed by atoms with Crippen molar-refractivity contribution in [1.29, 1.82) is 0 Å². The monoisotopic (exact) mass is 498 g/mol. The molecule has 172 valence electrons. The molecule has 0 spiro atoms. The van der Waals surface area contributed by atoms with E-state index >= 15 is 0 Å². The molecule has 4 rings (SSSR count). The molecule has 0 saturated carbocycles. The van der Waals surface area contributed by atoms with Gasteiger partial charge in [0.25, 0.3) is 0 Å². The summed E-state index contributed by atoms with van der Waals surface area (Å²) in [6.07, 6.45) is 3.28. The van der Waals surface area contributed by atoms with Crippen molar-refractivity contribution in [3.8, 4) is 17.1 Å². The van der Waals surface area contributed by atoms with Gasteiger partial charge in [0.15, 0.2) is 11.0 Å². The highest BCUT2D eigenvalue weighted by atomic mass is 35.5. The van der Waals surface area contributed by atoms with Crippen LogP contribution in [0.1, 0.15) is 6.92 Å². The number of aromatic nitrogens is 4. The van der Waals surface area contributed by atoms with E-state index in [2.05, 4.69) is 20.5 Å². The molecule has 2 heterocycles. The van der Waals surface area contributed by atoms with Crippen LogP contribution in [-0.2, 0) is 4.79 Å². The predicted octanol–water partition coefficient (Wildman–Crippen LogP) is 5.15. The SMILES string of the molecule is C[C@@H](Sc1nnc(-c2ccncc2)n1-c1ccc(Cl)cc1)C(=O)Nc1ccc(F)c([N+](=O)[O-])c1. The van der Waals surface area contributed by atoms with Crippen molar-refractivity contribution in [2.75, 3.05) is 5.32 Å². The minimum absolute atomic E-state index is 0.113. The van der Waals surface area contributed by atoms with E-state index in [1.165, 1.54) is 6.07 Å². The third-order valence-corrected chi connectivity index (χ3v) is 6.01. The Morgan fingerprint density at radius 2 is 1.85 bits per heavy atom. The second kappa shape index (κ2) is 9.98. The van der Waals surface area contributed by atoms with Gasteiger partial charge >= 0.3 is 5.69 Å². The van der Waals surface area contributed by atoms with E-state index in [-0.39, 0.29) is 5.69 Å². The van der Waals surface area contributed by atoms with Crippen LogP contribution in [0.4, 0.5) is 15.8 Å². The number of benzene rings is 2. The predicted molar refractivity (Wildman–Crippen MR) is 127 cm³/mol. The van der Waals surface area contributed by atoms with Crippen molar-refractivity contribution in [1.82, 2.24) is 19.7 Å². The number of thioether (sulfide) groups is 1. The van der Waals surface area contributed by atoms with Crippen LogP contribution in [0.2, 0.25) is 5.02 Å². The molecule has 12 heteroatoms. The quantitative estimate of drug-likeness (QED) is 0.213. The van der Waals surface area contributed by atoms with Gasteiger partial charge in [0.2, 0.25) is 11.7 Å². The molecule has 2 aromatic heterocycles. The molecule has 0 aliphatic carbocycles. The number of carbonyl (C=O) groups is 1. The zero-order valence-electron chi connectivity index (χ0n) is 17.6. The van der Waals surface area contributed by atoms with Crippen molar-refractivity contribution >= 4 is 40.6 Å². The highest BCUT2D eigenvalue weighted by Gasteiger charge is 2.23. The fourth-order valence-corrected chi connectivity index (χ4v) is 4.04. The van der Waals surface area contributed by atoms with E-state index in [9.17, 15) is 19.3 Å². The van der Waals surface area contributed by atoms with Crippen LogP contribution in [0, 0.1) is 15.9 Å². The number of nitro benzene ring substituents is 1. The summed E-state index contributed by atoms with van der Waals surface area (Å²) in [4.78, 5) is 26.9. The van der Waals surface area contributed by atoms with Crippen LogP contribution >= 0.6 is 23.4 Å². The maximum Gasteiger partial charge on any atom is 0.306 e. The van der Waals surface area contributed by atoms with E-state index in [1.54, 1.807) is 48.1 Å². The van der Waals surface area contributed by atoms with Gasteiger partial charge in [-0.25, -0.2) is 0 Å². The van der Waals surface area contributed by atoms with Crippen LogP contribution in [0.25, 0.3) is 17.1 Å². The lowest BCUT2D eigenvalue weighted by Crippen LogP contribution is -2.23. The standard InChI is InChI=1S/C22H16ClFN6O3S/c1-13(21(31)26-16-4-7-18(24)19(12-16)30(32)33)34-22-28-27-20(14-8-10-25-11-9-14)29(22)17-5-2-15(23)3-6-17/h2-13H,1H3,(H,26,31)/t13-/m1/s1. The Bertz CT molecular complexity index is 1350. The van der Waals surface area contributed by atoms with Gasteiger partial charge in [-0.3, -0.25) is 24.5 Å². The molecule has 34 heavy (non-hydrogen) atoms. The van der Waals surface area contributed by atoms with Crippen molar-refractivity contribution in [2.45, 2.75) is 17.3 Å². The number of nitrogens with zero attached hydrogens (tertiary/aromatic N) is 5. The Kier molecular flexibility index (Phi) is 6.85. The summed E-state index contributed by atoms with van der Waals surface area (Å²) in [6.45, 7) is 1.66. The second-order valence-corrected chi connectivity index (χ2v) is 8.77. The smallest absolute Gasteiger partial charge is 0.306 e. The molecule has 0 saturated heterocycles. The topological polar surface area (TPSA) is 116 Å². The number of rotatable bonds is 7. The molecule has 0 aliphatic rings. The first-order valence-corrected chi connectivity index (χ1v) is 11.1. The van der Waals surface area contributed by atoms with Crippen molar-refractivity contribution in [2.24, 2.45) is 0 Å². The molecule has 1 atom stereocenters. The average Bonchev–Trinajstić information content (AvgIpc) is 3.24. The summed E-state index contributed by atoms with van der Waals surface area (Å²) in [5.41, 5.74) is 0.912. The first kappa shape index (κ1) is 23.3. The van der Waals surface area contributed by atoms with E-state index in [4.69, 9.17) is 11.6 Å². The Morgan fingerprint density at radius 1 is 1.15 bits per heavy atom. The van der Waals surface area contributed by atoms with E-state index in [1.807, 2.05) is 12.1 Å². The van der Waals surface area contributed by atoms with Gasteiger partial charge < -0.3 is 5.32 Å². The summed E-state index contributed by atoms with van der Waals surface area (Å²) in [5, 5.41) is 22.5. The van der Waals surface area contributed by atoms with Crippen molar-refractivity contribution in [3.63, 3.8) is 0 Å². The molecule has 1 amide bonds. The van der Waals surface area contributed by atoms with Crippen LogP contribution in [0.3, 0.4) is 0 Å². The minimum Gasteiger partial charge on any atom is -0.325 e. The second-order valence-electron chi connectivity index (χ2n) is 7.03. The van der Waals surface area contributed by atoms with Crippen LogP contribution in [-0.4, -0.2) is 35.8 Å². The van der Waals surface area contributed by atoms with Crippen molar-refractivity contribution < 1.29 is 14.1 Å². The Labute approximate surface area is 202 Å². The molecule has 4 aromatic rings. The molecule has 0 aliphatic heterocycles. The van der Waals surface area contributed by atoms with Crippen LogP contribution < -0.4 is 5.32 Å². The van der Waals surface area contributed by atoms with Gasteiger partial charge in [0, 0.05) is 40.4 Å². The molecular formula is C22H16ClFN6O3S. The summed E-state index contributed by atoms with van der Waals surface area (Å²) in [6, 6.07) is 13.8. The maximum absolute atomic E-state index is 13.6. The van der Waals surface area contributed by atoms with Gasteiger partial charge in [-0.2, -0.15) is 4.39 Å². The number of nitro groups is 1. The lowest BCUT2D eigenvalue weighted by molar-refractivity contribution is -0.387. The summed E-state index contributed by atoms with van der Waals surface area (Å²) in [5.74, 6) is -0.874. The number of nitrogens with one attached hydrogen (secondary N) is 1. The third kappa shape index (κ3) is 5.05. The number of hydrogen-bond donors (Lipinski definition) is 1. The van der Waals surface area contributed by atoms with Crippen molar-refractivity contribution in [3.05, 3.63) is 87.9 Å². The van der Waals surface area contributed by atoms with Gasteiger partial charge in [0.1, 0.15) is 0 Å². The summed E-state index contributed by atoms with van der Waals surface area (Å²) in [7, 11) is 0. The fourth-order valence-electron chi connectivity index (χ4n) is 3.04. The number of anilines is 1. The minimum atomic E-state index is -0.981. The average molecular weight is 499 g/mol. The van der Waals surface area contributed by atoms with E-state index in [0.29, 0.717) is 16.0 Å². The molecule has 9 nitrogen and oxygen atoms in total. The van der Waals surface area contributed by atoms with Gasteiger partial charge in [-0.15, -0.1) is 10.2 Å². The Balaban J connectivity index is 1.61. The molecule has 0 bridgehead atoms. The molecule has 0 radical (unpaired) electrons. The normalized spacial score (nSPS) is 11.7. The third-order valence-electron chi connectivity index (χ3n) is 4.72. The molecule has 1 N–H and O–H groups in total. The highest BCUT2D eigenvalue weighted by molar-refractivity contribution is 8.00. The largest absolute Gasteiger partial charge is 0.325 e. The summed E-state index contributed by atoms with van der Waals surface area (Å²) < 4.78 is 15.4. The molecule has 2 aromatic carbocycles. The van der Waals surface area contributed by atoms with Gasteiger partial charge in [0.05, 0.1) is 10.2 Å². The fraction of sp³-hybridized carbons (Fsp3) is 0.0909. The zero-order valence-corrected chi connectivity index (χ0v) is 19.1. The number of pyridine rings is 1. The number of halogens is 2. The van der Waals surface area contributed by atoms with E-state index < -0.39 is 27.6 Å². The Hall–Kier alpha value is -3.83. The Morgan fingerprint density at radius 3 is 2.53 bits per heavy atom.